The second kappa shape index (κ2) is 5.65. The molecule has 0 bridgehead atoms. The summed E-state index contributed by atoms with van der Waals surface area (Å²) in [4.78, 5) is 10.8. The fourth-order valence-electron chi connectivity index (χ4n) is 0.936. The number of hydrogen-bond acceptors (Lipinski definition) is 2. The number of carbonyl (C=O) groups is 1. The van der Waals surface area contributed by atoms with Crippen LogP contribution in [0.25, 0.3) is 0 Å². The van der Waals surface area contributed by atoms with E-state index in [4.69, 9.17) is 5.11 Å². The molecule has 5 heteroatoms. The molecule has 0 amide bonds. The molecule has 0 heterocycles. The highest BCUT2D eigenvalue weighted by Crippen LogP contribution is 2.22. The number of halogens is 2. The maximum atomic E-state index is 13.1. The van der Waals surface area contributed by atoms with Gasteiger partial charge >= 0.3 is 5.97 Å². The van der Waals surface area contributed by atoms with Gasteiger partial charge in [-0.1, -0.05) is 6.08 Å². The van der Waals surface area contributed by atoms with Crippen LogP contribution in [0.4, 0.5) is 8.78 Å². The minimum Gasteiger partial charge on any atom is -0.478 e. The SMILES string of the molecule is CC(=CCSc1ccc(F)cc1F)C(=O)O. The van der Waals surface area contributed by atoms with Gasteiger partial charge in [0, 0.05) is 22.3 Å². The van der Waals surface area contributed by atoms with Crippen molar-refractivity contribution in [1.29, 1.82) is 0 Å². The summed E-state index contributed by atoms with van der Waals surface area (Å²) in [5, 5.41) is 8.57. The smallest absolute Gasteiger partial charge is 0.330 e. The minimum absolute atomic E-state index is 0.204. The van der Waals surface area contributed by atoms with Gasteiger partial charge in [0.2, 0.25) is 0 Å². The predicted molar refractivity (Wildman–Crippen MR) is 58.5 cm³/mol. The Kier molecular flexibility index (Phi) is 4.49. The van der Waals surface area contributed by atoms with Crippen molar-refractivity contribution < 1.29 is 18.7 Å². The van der Waals surface area contributed by atoms with Gasteiger partial charge in [0.25, 0.3) is 0 Å². The third kappa shape index (κ3) is 3.66. The van der Waals surface area contributed by atoms with Crippen LogP contribution in [0.3, 0.4) is 0 Å². The van der Waals surface area contributed by atoms with Gasteiger partial charge in [-0.3, -0.25) is 0 Å². The lowest BCUT2D eigenvalue weighted by molar-refractivity contribution is -0.132. The standard InChI is InChI=1S/C11H10F2O2S/c1-7(11(14)15)4-5-16-10-3-2-8(12)6-9(10)13/h2-4,6H,5H2,1H3,(H,14,15). The Bertz CT molecular complexity index is 430. The first-order valence-electron chi connectivity index (χ1n) is 4.48. The third-order valence-corrected chi connectivity index (χ3v) is 2.84. The predicted octanol–water partition coefficient (Wildman–Crippen LogP) is 3.09. The van der Waals surface area contributed by atoms with E-state index in [0.717, 1.165) is 17.8 Å². The van der Waals surface area contributed by atoms with Crippen LogP contribution in [-0.2, 0) is 4.79 Å². The Morgan fingerprint density at radius 3 is 2.75 bits per heavy atom. The summed E-state index contributed by atoms with van der Waals surface area (Å²) in [6, 6.07) is 3.30. The Morgan fingerprint density at radius 1 is 1.50 bits per heavy atom. The lowest BCUT2D eigenvalue weighted by Gasteiger charge is -2.00. The van der Waals surface area contributed by atoms with E-state index in [1.807, 2.05) is 0 Å². The first-order valence-corrected chi connectivity index (χ1v) is 5.47. The Labute approximate surface area is 96.0 Å². The van der Waals surface area contributed by atoms with Gasteiger partial charge in [0.15, 0.2) is 0 Å². The van der Waals surface area contributed by atoms with Gasteiger partial charge in [-0.2, -0.15) is 0 Å². The fraction of sp³-hybridized carbons (Fsp3) is 0.182. The number of rotatable bonds is 4. The van der Waals surface area contributed by atoms with E-state index >= 15 is 0 Å². The van der Waals surface area contributed by atoms with E-state index in [9.17, 15) is 13.6 Å². The molecule has 0 atom stereocenters. The molecule has 0 aliphatic rings. The van der Waals surface area contributed by atoms with Crippen LogP contribution >= 0.6 is 11.8 Å². The Hall–Kier alpha value is -1.36. The summed E-state index contributed by atoms with van der Waals surface area (Å²) in [6.45, 7) is 1.46. The monoisotopic (exact) mass is 244 g/mol. The third-order valence-electron chi connectivity index (χ3n) is 1.86. The van der Waals surface area contributed by atoms with Crippen molar-refractivity contribution in [2.45, 2.75) is 11.8 Å². The van der Waals surface area contributed by atoms with Crippen molar-refractivity contribution in [2.75, 3.05) is 5.75 Å². The van der Waals surface area contributed by atoms with Gasteiger partial charge in [0.05, 0.1) is 0 Å². The number of aliphatic carboxylic acids is 1. The molecular formula is C11H10F2O2S. The molecule has 1 rings (SSSR count). The van der Waals surface area contributed by atoms with E-state index in [2.05, 4.69) is 0 Å². The molecule has 1 N–H and O–H groups in total. The molecule has 0 radical (unpaired) electrons. The van der Waals surface area contributed by atoms with Crippen LogP contribution < -0.4 is 0 Å². The van der Waals surface area contributed by atoms with E-state index in [1.54, 1.807) is 0 Å². The number of carboxylic acid groups (broad SMARTS) is 1. The maximum absolute atomic E-state index is 13.1. The molecule has 0 aromatic heterocycles. The summed E-state index contributed by atoms with van der Waals surface area (Å²) in [6.07, 6.45) is 1.48. The quantitative estimate of drug-likeness (QED) is 0.653. The Morgan fingerprint density at radius 2 is 2.19 bits per heavy atom. The minimum atomic E-state index is -1.000. The summed E-state index contributed by atoms with van der Waals surface area (Å²) in [7, 11) is 0. The molecule has 1 aromatic rings. The van der Waals surface area contributed by atoms with Crippen LogP contribution in [0, 0.1) is 11.6 Å². The van der Waals surface area contributed by atoms with Crippen molar-refractivity contribution in [2.24, 2.45) is 0 Å². The molecule has 0 unspecified atom stereocenters. The van der Waals surface area contributed by atoms with Gasteiger partial charge < -0.3 is 5.11 Å². The lowest BCUT2D eigenvalue weighted by Crippen LogP contribution is -1.96. The fourth-order valence-corrected chi connectivity index (χ4v) is 1.81. The molecule has 86 valence electrons. The summed E-state index contributed by atoms with van der Waals surface area (Å²) in [5.74, 6) is -1.92. The molecule has 0 aliphatic carbocycles. The largest absolute Gasteiger partial charge is 0.478 e. The zero-order valence-corrected chi connectivity index (χ0v) is 9.35. The molecule has 16 heavy (non-hydrogen) atoms. The summed E-state index contributed by atoms with van der Waals surface area (Å²) >= 11 is 1.12. The lowest BCUT2D eigenvalue weighted by atomic mass is 10.3. The van der Waals surface area contributed by atoms with Crippen LogP contribution in [-0.4, -0.2) is 16.8 Å². The average molecular weight is 244 g/mol. The molecule has 0 saturated carbocycles. The molecule has 0 aliphatic heterocycles. The molecular weight excluding hydrogens is 234 g/mol. The molecule has 0 saturated heterocycles. The van der Waals surface area contributed by atoms with E-state index in [-0.39, 0.29) is 5.57 Å². The number of benzene rings is 1. The zero-order chi connectivity index (χ0) is 12.1. The number of carboxylic acids is 1. The summed E-state index contributed by atoms with van der Waals surface area (Å²) in [5.41, 5.74) is 0.204. The number of hydrogen-bond donors (Lipinski definition) is 1. The van der Waals surface area contributed by atoms with Crippen molar-refractivity contribution in [1.82, 2.24) is 0 Å². The second-order valence-corrected chi connectivity index (χ2v) is 4.14. The first-order chi connectivity index (χ1) is 7.50. The average Bonchev–Trinajstić information content (AvgIpc) is 2.20. The van der Waals surface area contributed by atoms with E-state index in [0.29, 0.717) is 10.6 Å². The van der Waals surface area contributed by atoms with Crippen LogP contribution in [0.5, 0.6) is 0 Å². The van der Waals surface area contributed by atoms with Crippen molar-refractivity contribution >= 4 is 17.7 Å². The van der Waals surface area contributed by atoms with Gasteiger partial charge in [-0.15, -0.1) is 11.8 Å². The molecule has 1 aromatic carbocycles. The van der Waals surface area contributed by atoms with E-state index < -0.39 is 17.6 Å². The Balaban J connectivity index is 2.62. The van der Waals surface area contributed by atoms with Crippen LogP contribution in [0.1, 0.15) is 6.92 Å². The maximum Gasteiger partial charge on any atom is 0.330 e. The van der Waals surface area contributed by atoms with Crippen LogP contribution in [0.15, 0.2) is 34.7 Å². The van der Waals surface area contributed by atoms with Crippen LogP contribution in [0.2, 0.25) is 0 Å². The van der Waals surface area contributed by atoms with Crippen molar-refractivity contribution in [3.8, 4) is 0 Å². The zero-order valence-electron chi connectivity index (χ0n) is 8.54. The second-order valence-electron chi connectivity index (χ2n) is 3.08. The highest BCUT2D eigenvalue weighted by Gasteiger charge is 2.04. The molecule has 2 nitrogen and oxygen atoms in total. The molecule has 0 spiro atoms. The van der Waals surface area contributed by atoms with Gasteiger partial charge in [-0.05, 0) is 19.1 Å². The topological polar surface area (TPSA) is 37.3 Å². The summed E-state index contributed by atoms with van der Waals surface area (Å²) < 4.78 is 25.7. The van der Waals surface area contributed by atoms with Crippen molar-refractivity contribution in [3.63, 3.8) is 0 Å². The number of thioether (sulfide) groups is 1. The van der Waals surface area contributed by atoms with Crippen molar-refractivity contribution in [3.05, 3.63) is 41.5 Å². The van der Waals surface area contributed by atoms with Gasteiger partial charge in [-0.25, -0.2) is 13.6 Å². The highest BCUT2D eigenvalue weighted by molar-refractivity contribution is 7.99. The highest BCUT2D eigenvalue weighted by atomic mass is 32.2. The normalized spacial score (nSPS) is 11.6. The van der Waals surface area contributed by atoms with E-state index in [1.165, 1.54) is 25.1 Å². The first kappa shape index (κ1) is 12.7. The molecule has 0 fully saturated rings. The van der Waals surface area contributed by atoms with Gasteiger partial charge in [0.1, 0.15) is 11.6 Å².